The van der Waals surface area contributed by atoms with Crippen molar-refractivity contribution in [3.05, 3.63) is 35.4 Å². The van der Waals surface area contributed by atoms with Crippen molar-refractivity contribution < 1.29 is 9.90 Å². The van der Waals surface area contributed by atoms with Gasteiger partial charge in [-0.3, -0.25) is 9.69 Å². The first kappa shape index (κ1) is 17.0. The number of aliphatic hydroxyl groups is 1. The third kappa shape index (κ3) is 4.82. The first-order valence-electron chi connectivity index (χ1n) is 8.46. The van der Waals surface area contributed by atoms with E-state index in [2.05, 4.69) is 17.9 Å². The van der Waals surface area contributed by atoms with Gasteiger partial charge in [0.1, 0.15) is 0 Å². The zero-order valence-electron chi connectivity index (χ0n) is 13.6. The fourth-order valence-electron chi connectivity index (χ4n) is 3.07. The predicted octanol–water partition coefficient (Wildman–Crippen LogP) is 2.52. The van der Waals surface area contributed by atoms with Crippen LogP contribution >= 0.6 is 0 Å². The van der Waals surface area contributed by atoms with E-state index in [0.29, 0.717) is 6.54 Å². The van der Waals surface area contributed by atoms with Crippen LogP contribution in [0, 0.1) is 0 Å². The van der Waals surface area contributed by atoms with Gasteiger partial charge in [-0.15, -0.1) is 0 Å². The van der Waals surface area contributed by atoms with Crippen molar-refractivity contribution in [3.63, 3.8) is 0 Å². The van der Waals surface area contributed by atoms with Gasteiger partial charge < -0.3 is 10.0 Å². The maximum atomic E-state index is 12.6. The van der Waals surface area contributed by atoms with Crippen molar-refractivity contribution in [1.29, 1.82) is 0 Å². The standard InChI is InChI=1S/C18H28N2O2/c1-2-9-19(12-13-21)15-16-7-6-8-17(14-16)18(22)20-10-4-3-5-11-20/h6-8,14,21H,2-5,9-13,15H2,1H3. The summed E-state index contributed by atoms with van der Waals surface area (Å²) in [5.74, 6) is 0.158. The molecule has 0 bridgehead atoms. The van der Waals surface area contributed by atoms with E-state index < -0.39 is 0 Å². The zero-order valence-corrected chi connectivity index (χ0v) is 13.6. The minimum Gasteiger partial charge on any atom is -0.395 e. The largest absolute Gasteiger partial charge is 0.395 e. The summed E-state index contributed by atoms with van der Waals surface area (Å²) in [4.78, 5) is 16.8. The molecule has 1 fully saturated rings. The maximum absolute atomic E-state index is 12.6. The van der Waals surface area contributed by atoms with E-state index >= 15 is 0 Å². The van der Waals surface area contributed by atoms with Crippen molar-refractivity contribution >= 4 is 5.91 Å². The lowest BCUT2D eigenvalue weighted by atomic mass is 10.1. The molecule has 4 nitrogen and oxygen atoms in total. The summed E-state index contributed by atoms with van der Waals surface area (Å²) in [6.45, 7) is 6.51. The highest BCUT2D eigenvalue weighted by atomic mass is 16.3. The van der Waals surface area contributed by atoms with Gasteiger partial charge in [0.05, 0.1) is 6.61 Å². The number of piperidine rings is 1. The fraction of sp³-hybridized carbons (Fsp3) is 0.611. The molecule has 1 N–H and O–H groups in total. The number of carbonyl (C=O) groups excluding carboxylic acids is 1. The highest BCUT2D eigenvalue weighted by Gasteiger charge is 2.18. The van der Waals surface area contributed by atoms with Crippen LogP contribution in [0.5, 0.6) is 0 Å². The molecule has 1 aliphatic rings. The lowest BCUT2D eigenvalue weighted by Gasteiger charge is -2.27. The van der Waals surface area contributed by atoms with Gasteiger partial charge in [0, 0.05) is 31.7 Å². The van der Waals surface area contributed by atoms with Crippen LogP contribution in [0.15, 0.2) is 24.3 Å². The van der Waals surface area contributed by atoms with Crippen molar-refractivity contribution in [2.75, 3.05) is 32.8 Å². The van der Waals surface area contributed by atoms with Gasteiger partial charge in [-0.1, -0.05) is 19.1 Å². The molecule has 2 rings (SSSR count). The smallest absolute Gasteiger partial charge is 0.253 e. The molecule has 22 heavy (non-hydrogen) atoms. The number of hydrogen-bond acceptors (Lipinski definition) is 3. The van der Waals surface area contributed by atoms with Crippen LogP contribution in [0.2, 0.25) is 0 Å². The highest BCUT2D eigenvalue weighted by molar-refractivity contribution is 5.94. The molecule has 0 spiro atoms. The number of likely N-dealkylation sites (tertiary alicyclic amines) is 1. The summed E-state index contributed by atoms with van der Waals surface area (Å²) in [5, 5.41) is 9.15. The average molecular weight is 304 g/mol. The molecule has 1 saturated heterocycles. The quantitative estimate of drug-likeness (QED) is 0.842. The number of hydrogen-bond donors (Lipinski definition) is 1. The molecule has 1 heterocycles. The van der Waals surface area contributed by atoms with Crippen LogP contribution in [0.1, 0.15) is 48.5 Å². The van der Waals surface area contributed by atoms with E-state index in [9.17, 15) is 4.79 Å². The molecule has 0 radical (unpaired) electrons. The molecule has 1 amide bonds. The first-order chi connectivity index (χ1) is 10.7. The number of nitrogens with zero attached hydrogens (tertiary/aromatic N) is 2. The van der Waals surface area contributed by atoms with Crippen molar-refractivity contribution in [2.45, 2.75) is 39.2 Å². The molecule has 0 aromatic heterocycles. The molecule has 1 aromatic rings. The summed E-state index contributed by atoms with van der Waals surface area (Å²) in [6.07, 6.45) is 4.53. The third-order valence-corrected chi connectivity index (χ3v) is 4.18. The van der Waals surface area contributed by atoms with Crippen LogP contribution in [0.25, 0.3) is 0 Å². The second-order valence-corrected chi connectivity index (χ2v) is 6.05. The van der Waals surface area contributed by atoms with Crippen molar-refractivity contribution in [1.82, 2.24) is 9.80 Å². The molecule has 1 aromatic carbocycles. The summed E-state index contributed by atoms with van der Waals surface area (Å²) in [5.41, 5.74) is 1.93. The Kier molecular flexibility index (Phi) is 6.87. The van der Waals surface area contributed by atoms with Crippen LogP contribution in [0.4, 0.5) is 0 Å². The maximum Gasteiger partial charge on any atom is 0.253 e. The lowest BCUT2D eigenvalue weighted by molar-refractivity contribution is 0.0724. The molecule has 122 valence electrons. The average Bonchev–Trinajstić information content (AvgIpc) is 2.56. The van der Waals surface area contributed by atoms with E-state index in [1.54, 1.807) is 0 Å². The van der Waals surface area contributed by atoms with Gasteiger partial charge in [-0.25, -0.2) is 0 Å². The van der Waals surface area contributed by atoms with E-state index in [4.69, 9.17) is 5.11 Å². The van der Waals surface area contributed by atoms with Gasteiger partial charge in [0.2, 0.25) is 0 Å². The third-order valence-electron chi connectivity index (χ3n) is 4.18. The van der Waals surface area contributed by atoms with Crippen LogP contribution in [0.3, 0.4) is 0 Å². The molecule has 0 aliphatic carbocycles. The Balaban J connectivity index is 2.03. The zero-order chi connectivity index (χ0) is 15.8. The second-order valence-electron chi connectivity index (χ2n) is 6.05. The van der Waals surface area contributed by atoms with Crippen molar-refractivity contribution in [3.8, 4) is 0 Å². The second kappa shape index (κ2) is 8.91. The Morgan fingerprint density at radius 2 is 2.00 bits per heavy atom. The number of rotatable bonds is 7. The summed E-state index contributed by atoms with van der Waals surface area (Å²) >= 11 is 0. The summed E-state index contributed by atoms with van der Waals surface area (Å²) in [6, 6.07) is 7.95. The van der Waals surface area contributed by atoms with E-state index in [1.807, 2.05) is 23.1 Å². The first-order valence-corrected chi connectivity index (χ1v) is 8.46. The Hall–Kier alpha value is -1.39. The fourth-order valence-corrected chi connectivity index (χ4v) is 3.07. The van der Waals surface area contributed by atoms with Crippen LogP contribution in [-0.2, 0) is 6.54 Å². The van der Waals surface area contributed by atoms with E-state index in [-0.39, 0.29) is 12.5 Å². The van der Waals surface area contributed by atoms with Gasteiger partial charge >= 0.3 is 0 Å². The Morgan fingerprint density at radius 3 is 2.68 bits per heavy atom. The van der Waals surface area contributed by atoms with Crippen molar-refractivity contribution in [2.24, 2.45) is 0 Å². The number of carbonyl (C=O) groups is 1. The lowest BCUT2D eigenvalue weighted by Crippen LogP contribution is -2.35. The van der Waals surface area contributed by atoms with Crippen LogP contribution < -0.4 is 0 Å². The number of amides is 1. The molecule has 0 unspecified atom stereocenters. The highest BCUT2D eigenvalue weighted by Crippen LogP contribution is 2.15. The molecular formula is C18H28N2O2. The van der Waals surface area contributed by atoms with Gasteiger partial charge in [0.25, 0.3) is 5.91 Å². The Morgan fingerprint density at radius 1 is 1.23 bits per heavy atom. The number of benzene rings is 1. The minimum atomic E-state index is 0.158. The van der Waals surface area contributed by atoms with E-state index in [1.165, 1.54) is 6.42 Å². The molecular weight excluding hydrogens is 276 g/mol. The van der Waals surface area contributed by atoms with Gasteiger partial charge in [-0.05, 0) is 49.9 Å². The van der Waals surface area contributed by atoms with E-state index in [0.717, 1.165) is 56.6 Å². The molecule has 0 saturated carbocycles. The van der Waals surface area contributed by atoms with Crippen LogP contribution in [-0.4, -0.2) is 53.6 Å². The Labute approximate surface area is 133 Å². The topological polar surface area (TPSA) is 43.8 Å². The monoisotopic (exact) mass is 304 g/mol. The molecule has 4 heteroatoms. The SMILES string of the molecule is CCCN(CCO)Cc1cccc(C(=O)N2CCCCC2)c1. The Bertz CT molecular complexity index is 464. The predicted molar refractivity (Wildman–Crippen MR) is 88.9 cm³/mol. The van der Waals surface area contributed by atoms with Gasteiger partial charge in [-0.2, -0.15) is 0 Å². The van der Waals surface area contributed by atoms with Gasteiger partial charge in [0.15, 0.2) is 0 Å². The minimum absolute atomic E-state index is 0.158. The summed E-state index contributed by atoms with van der Waals surface area (Å²) in [7, 11) is 0. The molecule has 1 aliphatic heterocycles. The summed E-state index contributed by atoms with van der Waals surface area (Å²) < 4.78 is 0. The molecule has 0 atom stereocenters. The normalized spacial score (nSPS) is 15.3. The number of aliphatic hydroxyl groups excluding tert-OH is 1.